The number of hydrogen-bond donors (Lipinski definition) is 1. The summed E-state index contributed by atoms with van der Waals surface area (Å²) in [6.07, 6.45) is -2.94. The molecule has 0 bridgehead atoms. The number of anilines is 1. The minimum atomic E-state index is -4.65. The molecule has 1 saturated heterocycles. The van der Waals surface area contributed by atoms with Crippen LogP contribution in [0.15, 0.2) is 5.38 Å². The second-order valence-corrected chi connectivity index (χ2v) is 10.1. The summed E-state index contributed by atoms with van der Waals surface area (Å²) in [6.45, 7) is 10.8. The number of fused-ring (bicyclic) bond motifs is 1. The maximum absolute atomic E-state index is 13.0. The SMILES string of the molecule is Cc1nc2nc(C(F)(F)F)nn2c(C)c1CCC(=O)Nc1nc(CN2CC(C)CC(C)C2)cs1. The Morgan fingerprint density at radius 2 is 1.88 bits per heavy atom. The number of rotatable bonds is 6. The summed E-state index contributed by atoms with van der Waals surface area (Å²) in [7, 11) is 0. The highest BCUT2D eigenvalue weighted by atomic mass is 32.1. The molecule has 0 saturated carbocycles. The van der Waals surface area contributed by atoms with Crippen molar-refractivity contribution in [1.82, 2.24) is 29.5 Å². The van der Waals surface area contributed by atoms with Crippen LogP contribution in [0.5, 0.6) is 0 Å². The third-order valence-corrected chi connectivity index (χ3v) is 6.84. The third-order valence-electron chi connectivity index (χ3n) is 6.03. The molecule has 3 aromatic heterocycles. The van der Waals surface area contributed by atoms with Gasteiger partial charge < -0.3 is 5.32 Å². The van der Waals surface area contributed by atoms with Crippen molar-refractivity contribution in [3.05, 3.63) is 33.8 Å². The first kappa shape index (κ1) is 24.5. The van der Waals surface area contributed by atoms with Crippen LogP contribution < -0.4 is 5.32 Å². The molecule has 184 valence electrons. The number of nitrogens with one attached hydrogen (secondary N) is 1. The van der Waals surface area contributed by atoms with Crippen molar-refractivity contribution < 1.29 is 18.0 Å². The third kappa shape index (κ3) is 5.54. The van der Waals surface area contributed by atoms with Crippen LogP contribution in [0.2, 0.25) is 0 Å². The van der Waals surface area contributed by atoms with Crippen molar-refractivity contribution in [3.63, 3.8) is 0 Å². The monoisotopic (exact) mass is 495 g/mol. The van der Waals surface area contributed by atoms with Gasteiger partial charge in [-0.15, -0.1) is 16.4 Å². The van der Waals surface area contributed by atoms with E-state index in [2.05, 4.69) is 44.1 Å². The normalized spacial score (nSPS) is 19.6. The quantitative estimate of drug-likeness (QED) is 0.550. The lowest BCUT2D eigenvalue weighted by Crippen LogP contribution is -2.38. The molecule has 3 aromatic rings. The highest BCUT2D eigenvalue weighted by molar-refractivity contribution is 7.13. The van der Waals surface area contributed by atoms with Gasteiger partial charge in [0.05, 0.1) is 5.69 Å². The number of nitrogens with zero attached hydrogens (tertiary/aromatic N) is 6. The van der Waals surface area contributed by atoms with E-state index in [1.54, 1.807) is 13.8 Å². The van der Waals surface area contributed by atoms with Crippen LogP contribution in [-0.4, -0.2) is 48.5 Å². The summed E-state index contributed by atoms with van der Waals surface area (Å²) in [5, 5.41) is 8.89. The zero-order valence-electron chi connectivity index (χ0n) is 19.6. The summed E-state index contributed by atoms with van der Waals surface area (Å²) in [6, 6.07) is 0. The van der Waals surface area contributed by atoms with Gasteiger partial charge in [0.15, 0.2) is 5.13 Å². The Labute approximate surface area is 199 Å². The van der Waals surface area contributed by atoms with E-state index in [1.807, 2.05) is 5.38 Å². The van der Waals surface area contributed by atoms with Crippen molar-refractivity contribution in [2.45, 2.75) is 59.7 Å². The van der Waals surface area contributed by atoms with Gasteiger partial charge in [0, 0.05) is 42.8 Å². The number of likely N-dealkylation sites (tertiary alicyclic amines) is 1. The first-order valence-corrected chi connectivity index (χ1v) is 12.1. The van der Waals surface area contributed by atoms with Gasteiger partial charge in [-0.3, -0.25) is 9.69 Å². The van der Waals surface area contributed by atoms with E-state index in [9.17, 15) is 18.0 Å². The number of aromatic nitrogens is 5. The molecule has 4 rings (SSSR count). The first-order chi connectivity index (χ1) is 16.0. The van der Waals surface area contributed by atoms with E-state index in [-0.39, 0.29) is 18.1 Å². The van der Waals surface area contributed by atoms with Gasteiger partial charge in [-0.05, 0) is 44.1 Å². The second kappa shape index (κ2) is 9.57. The molecule has 0 aliphatic carbocycles. The van der Waals surface area contributed by atoms with E-state index in [0.717, 1.165) is 29.8 Å². The lowest BCUT2D eigenvalue weighted by atomic mass is 9.92. The summed E-state index contributed by atoms with van der Waals surface area (Å²) in [5.74, 6) is -0.220. The minimum absolute atomic E-state index is 0.108. The number of amides is 1. The van der Waals surface area contributed by atoms with E-state index >= 15 is 0 Å². The fraction of sp³-hybridized carbons (Fsp3) is 0.591. The number of hydrogen-bond acceptors (Lipinski definition) is 7. The molecule has 1 amide bonds. The maximum Gasteiger partial charge on any atom is 0.453 e. The predicted molar refractivity (Wildman–Crippen MR) is 123 cm³/mol. The summed E-state index contributed by atoms with van der Waals surface area (Å²) in [5.41, 5.74) is 2.63. The molecular formula is C22H28F3N7OS. The molecule has 1 fully saturated rings. The van der Waals surface area contributed by atoms with E-state index in [0.29, 0.717) is 40.3 Å². The highest BCUT2D eigenvalue weighted by Gasteiger charge is 2.37. The van der Waals surface area contributed by atoms with Crippen LogP contribution in [0.4, 0.5) is 18.3 Å². The van der Waals surface area contributed by atoms with E-state index in [4.69, 9.17) is 0 Å². The Morgan fingerprint density at radius 1 is 1.18 bits per heavy atom. The molecular weight excluding hydrogens is 467 g/mol. The summed E-state index contributed by atoms with van der Waals surface area (Å²) >= 11 is 1.39. The van der Waals surface area contributed by atoms with Crippen LogP contribution in [0.3, 0.4) is 0 Å². The Bertz CT molecular complexity index is 1180. The van der Waals surface area contributed by atoms with Crippen LogP contribution in [0, 0.1) is 25.7 Å². The molecule has 1 N–H and O–H groups in total. The van der Waals surface area contributed by atoms with Crippen LogP contribution in [0.1, 0.15) is 55.2 Å². The van der Waals surface area contributed by atoms with E-state index < -0.39 is 12.0 Å². The fourth-order valence-corrected chi connectivity index (χ4v) is 5.42. The van der Waals surface area contributed by atoms with Gasteiger partial charge in [0.1, 0.15) is 0 Å². The molecule has 0 spiro atoms. The number of piperidine rings is 1. The van der Waals surface area contributed by atoms with Crippen molar-refractivity contribution in [1.29, 1.82) is 0 Å². The average Bonchev–Trinajstić information content (AvgIpc) is 3.33. The number of carbonyl (C=O) groups excluding carboxylic acids is 1. The Hall–Kier alpha value is -2.60. The Morgan fingerprint density at radius 3 is 2.56 bits per heavy atom. The Balaban J connectivity index is 1.37. The van der Waals surface area contributed by atoms with Crippen molar-refractivity contribution in [2.24, 2.45) is 11.8 Å². The van der Waals surface area contributed by atoms with Crippen LogP contribution >= 0.6 is 11.3 Å². The molecule has 1 aliphatic rings. The van der Waals surface area contributed by atoms with Crippen LogP contribution in [-0.2, 0) is 23.9 Å². The largest absolute Gasteiger partial charge is 0.453 e. The van der Waals surface area contributed by atoms with Gasteiger partial charge in [0.25, 0.3) is 11.6 Å². The van der Waals surface area contributed by atoms with Gasteiger partial charge >= 0.3 is 6.18 Å². The number of thiazole rings is 1. The first-order valence-electron chi connectivity index (χ1n) is 11.3. The molecule has 2 atom stereocenters. The van der Waals surface area contributed by atoms with Crippen molar-refractivity contribution >= 4 is 28.2 Å². The van der Waals surface area contributed by atoms with Gasteiger partial charge in [-0.2, -0.15) is 18.2 Å². The van der Waals surface area contributed by atoms with Crippen molar-refractivity contribution in [3.8, 4) is 0 Å². The predicted octanol–water partition coefficient (Wildman–Crippen LogP) is 4.27. The number of aryl methyl sites for hydroxylation is 2. The summed E-state index contributed by atoms with van der Waals surface area (Å²) < 4.78 is 40.0. The average molecular weight is 496 g/mol. The van der Waals surface area contributed by atoms with Gasteiger partial charge in [-0.25, -0.2) is 14.5 Å². The smallest absolute Gasteiger partial charge is 0.302 e. The van der Waals surface area contributed by atoms with Crippen molar-refractivity contribution in [2.75, 3.05) is 18.4 Å². The molecule has 0 aromatic carbocycles. The number of carbonyl (C=O) groups is 1. The molecule has 12 heteroatoms. The zero-order valence-corrected chi connectivity index (χ0v) is 20.4. The topological polar surface area (TPSA) is 88.3 Å². The molecule has 4 heterocycles. The molecule has 1 aliphatic heterocycles. The highest BCUT2D eigenvalue weighted by Crippen LogP contribution is 2.27. The standard InChI is InChI=1S/C22H28F3N7OS/c1-12-7-13(2)9-31(8-12)10-16-11-34-21(27-16)28-18(33)6-5-17-14(3)26-20-29-19(22(23,24)25)30-32(20)15(17)4/h11-13H,5-10H2,1-4H3,(H,27,28,33). The maximum atomic E-state index is 13.0. The fourth-order valence-electron chi connectivity index (χ4n) is 4.70. The lowest BCUT2D eigenvalue weighted by Gasteiger charge is -2.34. The van der Waals surface area contributed by atoms with Gasteiger partial charge in [0.2, 0.25) is 5.91 Å². The molecule has 8 nitrogen and oxygen atoms in total. The van der Waals surface area contributed by atoms with E-state index in [1.165, 1.54) is 17.8 Å². The minimum Gasteiger partial charge on any atom is -0.302 e. The molecule has 0 radical (unpaired) electrons. The molecule has 34 heavy (non-hydrogen) atoms. The summed E-state index contributed by atoms with van der Waals surface area (Å²) in [4.78, 5) is 27.1. The van der Waals surface area contributed by atoms with Crippen LogP contribution in [0.25, 0.3) is 5.78 Å². The Kier molecular flexibility index (Phi) is 6.90. The lowest BCUT2D eigenvalue weighted by molar-refractivity contribution is -0.144. The van der Waals surface area contributed by atoms with Gasteiger partial charge in [-0.1, -0.05) is 13.8 Å². The molecule has 2 unspecified atom stereocenters. The number of halogens is 3. The second-order valence-electron chi connectivity index (χ2n) is 9.24. The zero-order chi connectivity index (χ0) is 24.6. The number of alkyl halides is 3.